The van der Waals surface area contributed by atoms with Crippen molar-refractivity contribution >= 4 is 21.4 Å². The van der Waals surface area contributed by atoms with Gasteiger partial charge in [-0.05, 0) is 6.07 Å². The van der Waals surface area contributed by atoms with E-state index in [0.29, 0.717) is 18.8 Å². The maximum Gasteiger partial charge on any atom is 0.270 e. The summed E-state index contributed by atoms with van der Waals surface area (Å²) in [6.07, 6.45) is 0. The van der Waals surface area contributed by atoms with Crippen molar-refractivity contribution in [3.8, 4) is 0 Å². The number of nitrogens with zero attached hydrogens (tertiary/aromatic N) is 3. The highest BCUT2D eigenvalue weighted by Gasteiger charge is 2.30. The lowest BCUT2D eigenvalue weighted by Crippen LogP contribution is -3.12. The number of quaternary nitrogens is 1. The molecule has 8 nitrogen and oxygen atoms in total. The molecule has 0 spiro atoms. The molecule has 0 radical (unpaired) electrons. The summed E-state index contributed by atoms with van der Waals surface area (Å²) in [5, 5.41) is 11.1. The molecule has 134 valence electrons. The van der Waals surface area contributed by atoms with Crippen molar-refractivity contribution in [2.75, 3.05) is 51.2 Å². The van der Waals surface area contributed by atoms with Gasteiger partial charge in [0.2, 0.25) is 10.0 Å². The predicted molar refractivity (Wildman–Crippen MR) is 92.0 cm³/mol. The molecule has 1 aliphatic rings. The highest BCUT2D eigenvalue weighted by atomic mass is 32.2. The van der Waals surface area contributed by atoms with Gasteiger partial charge in [-0.15, -0.1) is 0 Å². The average molecular weight is 357 g/mol. The molecule has 0 amide bonds. The Morgan fingerprint density at radius 2 is 1.83 bits per heavy atom. The molecule has 1 heterocycles. The molecule has 0 aliphatic carbocycles. The Balaban J connectivity index is 2.53. The van der Waals surface area contributed by atoms with Crippen molar-refractivity contribution in [1.29, 1.82) is 0 Å². The van der Waals surface area contributed by atoms with Crippen LogP contribution in [0.25, 0.3) is 0 Å². The van der Waals surface area contributed by atoms with Crippen LogP contribution in [0.5, 0.6) is 0 Å². The summed E-state index contributed by atoms with van der Waals surface area (Å²) in [6.45, 7) is 7.44. The molecule has 9 heteroatoms. The fraction of sp³-hybridized carbons (Fsp3) is 0.600. The van der Waals surface area contributed by atoms with Gasteiger partial charge in [-0.3, -0.25) is 10.1 Å². The Morgan fingerprint density at radius 1 is 1.25 bits per heavy atom. The summed E-state index contributed by atoms with van der Waals surface area (Å²) >= 11 is 0. The van der Waals surface area contributed by atoms with Crippen molar-refractivity contribution in [2.45, 2.75) is 18.7 Å². The number of nitro benzene ring substituents is 1. The van der Waals surface area contributed by atoms with E-state index in [-0.39, 0.29) is 10.6 Å². The zero-order valence-electron chi connectivity index (χ0n) is 14.4. The third-order valence-corrected chi connectivity index (χ3v) is 6.51. The van der Waals surface area contributed by atoms with Crippen LogP contribution in [-0.4, -0.2) is 64.0 Å². The van der Waals surface area contributed by atoms with Gasteiger partial charge in [-0.1, -0.05) is 13.8 Å². The zero-order valence-corrected chi connectivity index (χ0v) is 15.2. The Morgan fingerprint density at radius 3 is 2.33 bits per heavy atom. The molecule has 0 unspecified atom stereocenters. The van der Waals surface area contributed by atoms with Gasteiger partial charge in [0, 0.05) is 25.2 Å². The van der Waals surface area contributed by atoms with Crippen molar-refractivity contribution in [1.82, 2.24) is 4.31 Å². The van der Waals surface area contributed by atoms with Crippen LogP contribution in [0.2, 0.25) is 0 Å². The first-order valence-corrected chi connectivity index (χ1v) is 9.60. The van der Waals surface area contributed by atoms with Gasteiger partial charge in [-0.2, -0.15) is 4.31 Å². The summed E-state index contributed by atoms with van der Waals surface area (Å²) in [7, 11) is -1.67. The fourth-order valence-electron chi connectivity index (χ4n) is 2.92. The van der Waals surface area contributed by atoms with E-state index in [1.165, 1.54) is 21.3 Å². The summed E-state index contributed by atoms with van der Waals surface area (Å²) in [6, 6.07) is 4.13. The number of nitro groups is 1. The second-order valence-corrected chi connectivity index (χ2v) is 7.85. The van der Waals surface area contributed by atoms with Gasteiger partial charge in [0.1, 0.15) is 4.90 Å². The van der Waals surface area contributed by atoms with Crippen LogP contribution in [-0.2, 0) is 10.0 Å². The molecule has 1 N–H and O–H groups in total. The first-order valence-electron chi connectivity index (χ1n) is 8.16. The number of hydrogen-bond donors (Lipinski definition) is 1. The number of sulfonamides is 1. The Kier molecular flexibility index (Phi) is 5.79. The summed E-state index contributed by atoms with van der Waals surface area (Å²) in [5.41, 5.74) is 0.351. The minimum Gasteiger partial charge on any atom is -0.359 e. The van der Waals surface area contributed by atoms with Gasteiger partial charge >= 0.3 is 0 Å². The molecule has 1 saturated heterocycles. The van der Waals surface area contributed by atoms with Crippen LogP contribution in [0.3, 0.4) is 0 Å². The fourth-order valence-corrected chi connectivity index (χ4v) is 4.61. The third kappa shape index (κ3) is 3.68. The Bertz CT molecular complexity index is 695. The van der Waals surface area contributed by atoms with Crippen molar-refractivity contribution in [3.63, 3.8) is 0 Å². The number of piperazine rings is 1. The van der Waals surface area contributed by atoms with Crippen LogP contribution < -0.4 is 9.80 Å². The summed E-state index contributed by atoms with van der Waals surface area (Å²) < 4.78 is 27.3. The first-order chi connectivity index (χ1) is 11.3. The van der Waals surface area contributed by atoms with Gasteiger partial charge in [0.15, 0.2) is 0 Å². The second kappa shape index (κ2) is 7.45. The van der Waals surface area contributed by atoms with E-state index in [2.05, 4.69) is 7.05 Å². The number of non-ortho nitro benzene ring substituents is 1. The van der Waals surface area contributed by atoms with Crippen LogP contribution in [0.4, 0.5) is 11.4 Å². The normalized spacial score (nSPS) is 16.6. The molecule has 2 rings (SSSR count). The molecule has 0 aromatic heterocycles. The molecule has 1 aliphatic heterocycles. The highest BCUT2D eigenvalue weighted by Crippen LogP contribution is 2.31. The summed E-state index contributed by atoms with van der Waals surface area (Å²) in [4.78, 5) is 14.0. The lowest BCUT2D eigenvalue weighted by molar-refractivity contribution is -0.880. The molecule has 1 aromatic carbocycles. The Hall–Kier alpha value is -1.71. The maximum absolute atomic E-state index is 13.0. The predicted octanol–water partition coefficient (Wildman–Crippen LogP) is -0.0400. The minimum atomic E-state index is -3.77. The number of nitrogens with one attached hydrogen (secondary N) is 1. The maximum atomic E-state index is 13.0. The number of anilines is 1. The van der Waals surface area contributed by atoms with E-state index < -0.39 is 14.9 Å². The molecule has 1 aromatic rings. The van der Waals surface area contributed by atoms with Crippen LogP contribution in [0.15, 0.2) is 23.1 Å². The van der Waals surface area contributed by atoms with Gasteiger partial charge in [0.05, 0.1) is 43.8 Å². The van der Waals surface area contributed by atoms with E-state index in [1.807, 2.05) is 4.90 Å². The summed E-state index contributed by atoms with van der Waals surface area (Å²) in [5.74, 6) is 0. The SMILES string of the molecule is CCN(CC)S(=O)(=O)c1cc([N+](=O)[O-])ccc1N1CC[NH+](C)CC1. The van der Waals surface area contributed by atoms with Gasteiger partial charge in [-0.25, -0.2) is 8.42 Å². The van der Waals surface area contributed by atoms with E-state index in [1.54, 1.807) is 19.9 Å². The lowest BCUT2D eigenvalue weighted by atomic mass is 10.2. The van der Waals surface area contributed by atoms with Gasteiger partial charge < -0.3 is 9.80 Å². The monoisotopic (exact) mass is 357 g/mol. The third-order valence-electron chi connectivity index (χ3n) is 4.44. The minimum absolute atomic E-state index is 0.0277. The molecular weight excluding hydrogens is 332 g/mol. The lowest BCUT2D eigenvalue weighted by Gasteiger charge is -2.33. The van der Waals surface area contributed by atoms with E-state index >= 15 is 0 Å². The van der Waals surface area contributed by atoms with E-state index in [0.717, 1.165) is 26.2 Å². The van der Waals surface area contributed by atoms with Crippen LogP contribution >= 0.6 is 0 Å². The van der Waals surface area contributed by atoms with Crippen LogP contribution in [0, 0.1) is 10.1 Å². The standard InChI is InChI=1S/C15H24N4O4S/c1-4-18(5-2)24(22,23)15-12-13(19(20)21)6-7-14(15)17-10-8-16(3)9-11-17/h6-7,12H,4-5,8-11H2,1-3H3/p+1. The molecule has 0 atom stereocenters. The number of benzene rings is 1. The largest absolute Gasteiger partial charge is 0.359 e. The molecule has 0 bridgehead atoms. The zero-order chi connectivity index (χ0) is 17.9. The van der Waals surface area contributed by atoms with E-state index in [4.69, 9.17) is 0 Å². The smallest absolute Gasteiger partial charge is 0.270 e. The second-order valence-electron chi connectivity index (χ2n) is 5.94. The van der Waals surface area contributed by atoms with Crippen molar-refractivity contribution in [2.24, 2.45) is 0 Å². The quantitative estimate of drug-likeness (QED) is 0.570. The molecule has 0 saturated carbocycles. The molecule has 1 fully saturated rings. The van der Waals surface area contributed by atoms with Crippen LogP contribution in [0.1, 0.15) is 13.8 Å². The first kappa shape index (κ1) is 18.6. The Labute approximate surface area is 142 Å². The van der Waals surface area contributed by atoms with Crippen molar-refractivity contribution < 1.29 is 18.2 Å². The number of hydrogen-bond acceptors (Lipinski definition) is 5. The van der Waals surface area contributed by atoms with E-state index in [9.17, 15) is 18.5 Å². The topological polar surface area (TPSA) is 88.2 Å². The van der Waals surface area contributed by atoms with Gasteiger partial charge in [0.25, 0.3) is 5.69 Å². The molecule has 24 heavy (non-hydrogen) atoms. The van der Waals surface area contributed by atoms with Crippen molar-refractivity contribution in [3.05, 3.63) is 28.3 Å². The average Bonchev–Trinajstić information content (AvgIpc) is 2.56. The highest BCUT2D eigenvalue weighted by molar-refractivity contribution is 7.89. The number of rotatable bonds is 6. The molecular formula is C15H25N4O4S+. The number of likely N-dealkylation sites (N-methyl/N-ethyl adjacent to an activating group) is 1.